The molecule has 2 aliphatic heterocycles. The molecule has 2 aromatic carbocycles. The van der Waals surface area contributed by atoms with E-state index in [9.17, 15) is 0 Å². The van der Waals surface area contributed by atoms with Crippen LogP contribution < -0.4 is 14.2 Å². The van der Waals surface area contributed by atoms with Crippen molar-refractivity contribution in [2.75, 3.05) is 13.4 Å². The van der Waals surface area contributed by atoms with E-state index in [-0.39, 0.29) is 0 Å². The molecule has 0 aliphatic carbocycles. The number of hydrogen-bond donors (Lipinski definition) is 0. The zero-order valence-corrected chi connectivity index (χ0v) is 12.1. The lowest BCUT2D eigenvalue weighted by Crippen LogP contribution is -2.22. The molecule has 0 saturated carbocycles. The van der Waals surface area contributed by atoms with Gasteiger partial charge in [0.2, 0.25) is 6.79 Å². The number of hydrogen-bond acceptors (Lipinski definition) is 3. The summed E-state index contributed by atoms with van der Waals surface area (Å²) in [4.78, 5) is 0. The molecule has 21 heavy (non-hydrogen) atoms. The zero-order valence-electron chi connectivity index (χ0n) is 12.1. The second-order valence-corrected chi connectivity index (χ2v) is 5.88. The summed E-state index contributed by atoms with van der Waals surface area (Å²) in [6.07, 6.45) is 2.08. The standard InChI is InChI=1S/C18H18O3/c1-12-2-4-16-15(6-12)8-14(10-19-16)7-13-3-5-17-18(9-13)21-11-20-17/h2-6,9,14H,7-8,10-11H2,1H3. The molecule has 0 saturated heterocycles. The number of benzene rings is 2. The fraction of sp³-hybridized carbons (Fsp3) is 0.333. The minimum atomic E-state index is 0.331. The van der Waals surface area contributed by atoms with Crippen molar-refractivity contribution in [1.82, 2.24) is 0 Å². The van der Waals surface area contributed by atoms with Gasteiger partial charge in [0.25, 0.3) is 0 Å². The summed E-state index contributed by atoms with van der Waals surface area (Å²) in [6, 6.07) is 12.6. The van der Waals surface area contributed by atoms with Crippen molar-refractivity contribution in [1.29, 1.82) is 0 Å². The van der Waals surface area contributed by atoms with Gasteiger partial charge in [0.15, 0.2) is 11.5 Å². The van der Waals surface area contributed by atoms with Gasteiger partial charge in [0.1, 0.15) is 5.75 Å². The largest absolute Gasteiger partial charge is 0.493 e. The van der Waals surface area contributed by atoms with Crippen molar-refractivity contribution in [3.63, 3.8) is 0 Å². The maximum absolute atomic E-state index is 5.90. The summed E-state index contributed by atoms with van der Waals surface area (Å²) in [6.45, 7) is 3.24. The SMILES string of the molecule is Cc1ccc2c(c1)CC(Cc1ccc3c(c1)OCO3)CO2. The Balaban J connectivity index is 1.51. The second kappa shape index (κ2) is 4.99. The van der Waals surface area contributed by atoms with Gasteiger partial charge in [0.05, 0.1) is 6.61 Å². The molecular weight excluding hydrogens is 264 g/mol. The molecule has 1 atom stereocenters. The first-order valence-electron chi connectivity index (χ1n) is 7.39. The lowest BCUT2D eigenvalue weighted by atomic mass is 9.90. The van der Waals surface area contributed by atoms with Crippen LogP contribution in [0.3, 0.4) is 0 Å². The van der Waals surface area contributed by atoms with Crippen molar-refractivity contribution < 1.29 is 14.2 Å². The minimum Gasteiger partial charge on any atom is -0.493 e. The topological polar surface area (TPSA) is 27.7 Å². The molecule has 0 N–H and O–H groups in total. The third-order valence-corrected chi connectivity index (χ3v) is 4.16. The van der Waals surface area contributed by atoms with Gasteiger partial charge in [-0.25, -0.2) is 0 Å². The van der Waals surface area contributed by atoms with Crippen LogP contribution in [0, 0.1) is 12.8 Å². The summed E-state index contributed by atoms with van der Waals surface area (Å²) >= 11 is 0. The molecule has 3 nitrogen and oxygen atoms in total. The van der Waals surface area contributed by atoms with Gasteiger partial charge in [-0.3, -0.25) is 0 Å². The Hall–Kier alpha value is -2.16. The first-order chi connectivity index (χ1) is 10.3. The lowest BCUT2D eigenvalue weighted by Gasteiger charge is -2.25. The van der Waals surface area contributed by atoms with Crippen LogP contribution in [-0.4, -0.2) is 13.4 Å². The molecule has 2 aliphatic rings. The quantitative estimate of drug-likeness (QED) is 0.843. The Labute approximate surface area is 124 Å². The van der Waals surface area contributed by atoms with Crippen molar-refractivity contribution in [2.24, 2.45) is 5.92 Å². The first-order valence-corrected chi connectivity index (χ1v) is 7.39. The molecule has 1 unspecified atom stereocenters. The van der Waals surface area contributed by atoms with Gasteiger partial charge in [-0.15, -0.1) is 0 Å². The third-order valence-electron chi connectivity index (χ3n) is 4.16. The van der Waals surface area contributed by atoms with Gasteiger partial charge in [-0.05, 0) is 49.1 Å². The van der Waals surface area contributed by atoms with E-state index in [0.29, 0.717) is 12.7 Å². The van der Waals surface area contributed by atoms with E-state index in [2.05, 4.69) is 37.3 Å². The maximum atomic E-state index is 5.90. The van der Waals surface area contributed by atoms with Crippen molar-refractivity contribution in [3.05, 3.63) is 53.1 Å². The van der Waals surface area contributed by atoms with Crippen molar-refractivity contribution in [2.45, 2.75) is 19.8 Å². The molecule has 3 heteroatoms. The van der Waals surface area contributed by atoms with E-state index in [0.717, 1.165) is 36.7 Å². The van der Waals surface area contributed by atoms with E-state index in [4.69, 9.17) is 14.2 Å². The van der Waals surface area contributed by atoms with Crippen LogP contribution in [0.5, 0.6) is 17.2 Å². The van der Waals surface area contributed by atoms with E-state index in [1.807, 2.05) is 6.07 Å². The predicted octanol–water partition coefficient (Wildman–Crippen LogP) is 3.52. The van der Waals surface area contributed by atoms with Crippen LogP contribution in [0.2, 0.25) is 0 Å². The first kappa shape index (κ1) is 12.6. The molecule has 108 valence electrons. The smallest absolute Gasteiger partial charge is 0.231 e. The number of fused-ring (bicyclic) bond motifs is 2. The molecule has 0 radical (unpaired) electrons. The minimum absolute atomic E-state index is 0.331. The third kappa shape index (κ3) is 2.44. The van der Waals surface area contributed by atoms with E-state index in [1.165, 1.54) is 16.7 Å². The Morgan fingerprint density at radius 3 is 2.76 bits per heavy atom. The molecule has 0 spiro atoms. The fourth-order valence-corrected chi connectivity index (χ4v) is 3.12. The summed E-state index contributed by atoms with van der Waals surface area (Å²) in [5.41, 5.74) is 3.90. The van der Waals surface area contributed by atoms with E-state index >= 15 is 0 Å². The Kier molecular flexibility index (Phi) is 2.99. The van der Waals surface area contributed by atoms with Crippen LogP contribution in [-0.2, 0) is 12.8 Å². The average Bonchev–Trinajstić information content (AvgIpc) is 2.94. The number of ether oxygens (including phenoxy) is 3. The lowest BCUT2D eigenvalue weighted by molar-refractivity contribution is 0.174. The summed E-state index contributed by atoms with van der Waals surface area (Å²) < 4.78 is 16.7. The van der Waals surface area contributed by atoms with Crippen molar-refractivity contribution in [3.8, 4) is 17.2 Å². The van der Waals surface area contributed by atoms with E-state index in [1.54, 1.807) is 0 Å². The van der Waals surface area contributed by atoms with Gasteiger partial charge in [-0.1, -0.05) is 23.8 Å². The van der Waals surface area contributed by atoms with Gasteiger partial charge >= 0.3 is 0 Å². The number of rotatable bonds is 2. The molecule has 0 aromatic heterocycles. The van der Waals surface area contributed by atoms with Crippen LogP contribution >= 0.6 is 0 Å². The number of aryl methyl sites for hydroxylation is 1. The normalized spacial score (nSPS) is 19.0. The molecule has 0 bridgehead atoms. The van der Waals surface area contributed by atoms with E-state index < -0.39 is 0 Å². The fourth-order valence-electron chi connectivity index (χ4n) is 3.12. The molecule has 4 rings (SSSR count). The summed E-state index contributed by atoms with van der Waals surface area (Å²) in [7, 11) is 0. The predicted molar refractivity (Wildman–Crippen MR) is 80.1 cm³/mol. The highest BCUT2D eigenvalue weighted by atomic mass is 16.7. The van der Waals surface area contributed by atoms with Crippen LogP contribution in [0.25, 0.3) is 0 Å². The van der Waals surface area contributed by atoms with Crippen LogP contribution in [0.4, 0.5) is 0 Å². The monoisotopic (exact) mass is 282 g/mol. The Morgan fingerprint density at radius 2 is 1.81 bits per heavy atom. The van der Waals surface area contributed by atoms with Crippen LogP contribution in [0.1, 0.15) is 16.7 Å². The highest BCUT2D eigenvalue weighted by molar-refractivity contribution is 5.45. The Morgan fingerprint density at radius 1 is 0.952 bits per heavy atom. The Bertz CT molecular complexity index is 678. The molecule has 2 heterocycles. The zero-order chi connectivity index (χ0) is 14.2. The van der Waals surface area contributed by atoms with Crippen molar-refractivity contribution >= 4 is 0 Å². The average molecular weight is 282 g/mol. The second-order valence-electron chi connectivity index (χ2n) is 5.88. The highest BCUT2D eigenvalue weighted by Gasteiger charge is 2.21. The summed E-state index contributed by atoms with van der Waals surface area (Å²) in [5, 5.41) is 0. The van der Waals surface area contributed by atoms with Gasteiger partial charge in [0, 0.05) is 5.92 Å². The molecule has 0 amide bonds. The molecule has 0 fully saturated rings. The molecule has 2 aromatic rings. The van der Waals surface area contributed by atoms with Gasteiger partial charge < -0.3 is 14.2 Å². The van der Waals surface area contributed by atoms with Gasteiger partial charge in [-0.2, -0.15) is 0 Å². The molecular formula is C18H18O3. The maximum Gasteiger partial charge on any atom is 0.231 e. The highest BCUT2D eigenvalue weighted by Crippen LogP contribution is 2.34. The summed E-state index contributed by atoms with van der Waals surface area (Å²) in [5.74, 6) is 3.27. The van der Waals surface area contributed by atoms with Crippen LogP contribution in [0.15, 0.2) is 36.4 Å².